The number of benzene rings is 4. The van der Waals surface area contributed by atoms with E-state index in [4.69, 9.17) is 0 Å². The summed E-state index contributed by atoms with van der Waals surface area (Å²) in [5, 5.41) is 5.38. The Kier molecular flexibility index (Phi) is 4.74. The van der Waals surface area contributed by atoms with Gasteiger partial charge in [-0.1, -0.05) is 100 Å². The summed E-state index contributed by atoms with van der Waals surface area (Å²) >= 11 is 0. The van der Waals surface area contributed by atoms with Crippen molar-refractivity contribution in [2.45, 2.75) is 46.0 Å². The van der Waals surface area contributed by atoms with E-state index in [1.807, 2.05) is 0 Å². The maximum Gasteiger partial charge on any atom is -0.00615 e. The molecule has 0 spiro atoms. The van der Waals surface area contributed by atoms with Crippen molar-refractivity contribution in [3.05, 3.63) is 83.9 Å². The van der Waals surface area contributed by atoms with E-state index in [1.165, 1.54) is 43.8 Å². The molecule has 4 aromatic carbocycles. The average molecular weight is 353 g/mol. The fraction of sp³-hybridized carbons (Fsp3) is 0.259. The van der Waals surface area contributed by atoms with Crippen molar-refractivity contribution in [1.29, 1.82) is 0 Å². The molecule has 0 bridgehead atoms. The summed E-state index contributed by atoms with van der Waals surface area (Å²) < 4.78 is 0. The molecule has 0 nitrogen and oxygen atoms in total. The Bertz CT molecular complexity index is 1100. The maximum atomic E-state index is 2.36. The molecular weight excluding hydrogens is 324 g/mol. The zero-order valence-corrected chi connectivity index (χ0v) is 16.8. The van der Waals surface area contributed by atoms with Crippen LogP contribution in [0.25, 0.3) is 32.7 Å². The lowest BCUT2D eigenvalue weighted by Crippen LogP contribution is -2.01. The van der Waals surface area contributed by atoms with Gasteiger partial charge in [-0.25, -0.2) is 0 Å². The molecule has 0 aromatic heterocycles. The first-order chi connectivity index (χ1) is 13.1. The molecule has 0 amide bonds. The minimum Gasteiger partial charge on any atom is -0.0648 e. The van der Waals surface area contributed by atoms with Crippen LogP contribution in [0.15, 0.2) is 72.8 Å². The van der Waals surface area contributed by atoms with E-state index >= 15 is 0 Å². The molecular formula is C27H28. The summed E-state index contributed by atoms with van der Waals surface area (Å²) in [6, 6.07) is 26.9. The number of hydrogen-bond acceptors (Lipinski definition) is 0. The van der Waals surface area contributed by atoms with E-state index in [1.54, 1.807) is 0 Å². The predicted molar refractivity (Wildman–Crippen MR) is 120 cm³/mol. The van der Waals surface area contributed by atoms with Crippen LogP contribution in [0.2, 0.25) is 0 Å². The highest BCUT2D eigenvalue weighted by Gasteiger charge is 2.20. The Morgan fingerprint density at radius 2 is 1.07 bits per heavy atom. The first-order valence-electron chi connectivity index (χ1n) is 10.2. The second-order valence-corrected chi connectivity index (χ2v) is 7.97. The van der Waals surface area contributed by atoms with Gasteiger partial charge >= 0.3 is 0 Å². The Morgan fingerprint density at radius 1 is 0.593 bits per heavy atom. The van der Waals surface area contributed by atoms with Gasteiger partial charge in [-0.3, -0.25) is 0 Å². The van der Waals surface area contributed by atoms with Crippen LogP contribution < -0.4 is 0 Å². The van der Waals surface area contributed by atoms with Crippen molar-refractivity contribution in [2.75, 3.05) is 0 Å². The van der Waals surface area contributed by atoms with Crippen molar-refractivity contribution in [1.82, 2.24) is 0 Å². The van der Waals surface area contributed by atoms with E-state index in [2.05, 4.69) is 100 Å². The van der Waals surface area contributed by atoms with Gasteiger partial charge < -0.3 is 0 Å². The summed E-state index contributed by atoms with van der Waals surface area (Å²) in [6.07, 6.45) is 1.15. The van der Waals surface area contributed by atoms with Crippen molar-refractivity contribution in [3.63, 3.8) is 0 Å². The Morgan fingerprint density at radius 3 is 1.59 bits per heavy atom. The fourth-order valence-electron chi connectivity index (χ4n) is 4.25. The third kappa shape index (κ3) is 3.04. The molecule has 1 unspecified atom stereocenters. The quantitative estimate of drug-likeness (QED) is 0.346. The van der Waals surface area contributed by atoms with E-state index in [0.717, 1.165) is 6.42 Å². The van der Waals surface area contributed by atoms with Crippen LogP contribution in [-0.4, -0.2) is 0 Å². The van der Waals surface area contributed by atoms with E-state index in [0.29, 0.717) is 11.8 Å². The Hall–Kier alpha value is -2.60. The zero-order chi connectivity index (χ0) is 19.0. The van der Waals surface area contributed by atoms with Crippen LogP contribution in [0.5, 0.6) is 0 Å². The van der Waals surface area contributed by atoms with Gasteiger partial charge in [0, 0.05) is 0 Å². The lowest BCUT2D eigenvalue weighted by atomic mass is 9.81. The molecule has 0 saturated heterocycles. The fourth-order valence-corrected chi connectivity index (χ4v) is 4.25. The maximum absolute atomic E-state index is 2.36. The van der Waals surface area contributed by atoms with Gasteiger partial charge in [0.15, 0.2) is 0 Å². The second kappa shape index (κ2) is 7.19. The normalized spacial score (nSPS) is 12.8. The van der Waals surface area contributed by atoms with Crippen molar-refractivity contribution in [2.24, 2.45) is 0 Å². The van der Waals surface area contributed by atoms with E-state index in [9.17, 15) is 0 Å². The molecule has 4 aromatic rings. The molecule has 0 aliphatic rings. The van der Waals surface area contributed by atoms with Crippen LogP contribution in [0.3, 0.4) is 0 Å². The highest BCUT2D eigenvalue weighted by molar-refractivity contribution is 6.08. The van der Waals surface area contributed by atoms with Gasteiger partial charge in [0.2, 0.25) is 0 Å². The highest BCUT2D eigenvalue weighted by Crippen LogP contribution is 2.43. The first-order valence-corrected chi connectivity index (χ1v) is 10.2. The van der Waals surface area contributed by atoms with Gasteiger partial charge in [-0.2, -0.15) is 0 Å². The van der Waals surface area contributed by atoms with Crippen LogP contribution in [0.4, 0.5) is 0 Å². The third-order valence-electron chi connectivity index (χ3n) is 5.94. The Labute approximate surface area is 162 Å². The Balaban J connectivity index is 2.21. The number of hydrogen-bond donors (Lipinski definition) is 0. The topological polar surface area (TPSA) is 0 Å². The van der Waals surface area contributed by atoms with Gasteiger partial charge in [0.1, 0.15) is 0 Å². The van der Waals surface area contributed by atoms with E-state index in [-0.39, 0.29) is 0 Å². The molecule has 0 fully saturated rings. The summed E-state index contributed by atoms with van der Waals surface area (Å²) in [5.41, 5.74) is 5.77. The molecule has 0 aliphatic heterocycles. The van der Waals surface area contributed by atoms with Gasteiger partial charge in [-0.05, 0) is 62.1 Å². The smallest absolute Gasteiger partial charge is 0.00615 e. The molecule has 0 heteroatoms. The zero-order valence-electron chi connectivity index (χ0n) is 16.8. The largest absolute Gasteiger partial charge is 0.0648 e. The minimum absolute atomic E-state index is 0.480. The molecule has 0 saturated carbocycles. The lowest BCUT2D eigenvalue weighted by molar-refractivity contribution is 0.736. The van der Waals surface area contributed by atoms with Crippen molar-refractivity contribution < 1.29 is 0 Å². The van der Waals surface area contributed by atoms with Crippen molar-refractivity contribution >= 4 is 21.5 Å². The summed E-state index contributed by atoms with van der Waals surface area (Å²) in [5.74, 6) is 1.01. The van der Waals surface area contributed by atoms with Crippen LogP contribution in [0, 0.1) is 0 Å². The molecule has 27 heavy (non-hydrogen) atoms. The lowest BCUT2D eigenvalue weighted by Gasteiger charge is -2.23. The first kappa shape index (κ1) is 17.8. The number of rotatable bonds is 4. The van der Waals surface area contributed by atoms with Gasteiger partial charge in [0.25, 0.3) is 0 Å². The second-order valence-electron chi connectivity index (χ2n) is 7.97. The summed E-state index contributed by atoms with van der Waals surface area (Å²) in [7, 11) is 0. The van der Waals surface area contributed by atoms with Crippen LogP contribution in [0.1, 0.15) is 57.1 Å². The van der Waals surface area contributed by atoms with Gasteiger partial charge in [0.05, 0.1) is 0 Å². The van der Waals surface area contributed by atoms with Crippen LogP contribution >= 0.6 is 0 Å². The summed E-state index contributed by atoms with van der Waals surface area (Å²) in [4.78, 5) is 0. The standard InChI is InChI=1S/C27H28/c1-5-19(4)23-17-15-21-11-7-9-13-25(21)27(23)26-22(18(2)3)16-14-20-10-6-8-12-24(20)26/h6-19H,5H2,1-4H3. The molecule has 0 heterocycles. The third-order valence-corrected chi connectivity index (χ3v) is 5.94. The SMILES string of the molecule is CCC(C)c1ccc2ccccc2c1-c1c(C(C)C)ccc2ccccc12. The molecule has 1 atom stereocenters. The monoisotopic (exact) mass is 352 g/mol. The predicted octanol–water partition coefficient (Wildman–Crippen LogP) is 8.30. The highest BCUT2D eigenvalue weighted by atomic mass is 14.2. The molecule has 0 aliphatic carbocycles. The minimum atomic E-state index is 0.480. The molecule has 4 rings (SSSR count). The molecule has 0 radical (unpaired) electrons. The summed E-state index contributed by atoms with van der Waals surface area (Å²) in [6.45, 7) is 9.26. The molecule has 0 N–H and O–H groups in total. The molecule has 136 valence electrons. The number of fused-ring (bicyclic) bond motifs is 2. The van der Waals surface area contributed by atoms with Crippen LogP contribution in [-0.2, 0) is 0 Å². The van der Waals surface area contributed by atoms with E-state index < -0.39 is 0 Å². The van der Waals surface area contributed by atoms with Crippen molar-refractivity contribution in [3.8, 4) is 11.1 Å². The van der Waals surface area contributed by atoms with Gasteiger partial charge in [-0.15, -0.1) is 0 Å². The average Bonchev–Trinajstić information content (AvgIpc) is 2.71.